The Labute approximate surface area is 204 Å². The molecule has 0 radical (unpaired) electrons. The summed E-state index contributed by atoms with van der Waals surface area (Å²) >= 11 is 18.5. The van der Waals surface area contributed by atoms with Crippen molar-refractivity contribution in [3.63, 3.8) is 0 Å². The Morgan fingerprint density at radius 2 is 0.929 bits per heavy atom. The Balaban J connectivity index is -0.000000410. The molecule has 0 rings (SSSR count). The maximum absolute atomic E-state index is 10.8. The van der Waals surface area contributed by atoms with Gasteiger partial charge in [-0.3, -0.25) is 0 Å². The number of hydrogen-bond acceptors (Lipinski definition) is 9. The van der Waals surface area contributed by atoms with Crippen molar-refractivity contribution in [1.82, 2.24) is 0 Å². The van der Waals surface area contributed by atoms with Gasteiger partial charge in [0.15, 0.2) is 0 Å². The third-order valence-electron chi connectivity index (χ3n) is 3.49. The summed E-state index contributed by atoms with van der Waals surface area (Å²) in [4.78, 5) is 21.5. The summed E-state index contributed by atoms with van der Waals surface area (Å²) in [5.74, 6) is 0. The van der Waals surface area contributed by atoms with Crippen molar-refractivity contribution in [1.29, 1.82) is 0 Å². The summed E-state index contributed by atoms with van der Waals surface area (Å²) in [7, 11) is 0. The topological polar surface area (TPSA) is 81.7 Å². The molecule has 0 fully saturated rings. The molecule has 0 N–H and O–H groups in total. The molecular formula is C16H34MoO5P2S4. The number of rotatable bonds is 16. The Hall–Kier alpha value is 2.33. The Kier molecular flexibility index (Phi) is 31.9. The molecule has 0 saturated heterocycles. The molecule has 2 unspecified atom stereocenters. The molecule has 168 valence electrons. The Morgan fingerprint density at radius 3 is 1.18 bits per heavy atom. The molecule has 5 nitrogen and oxygen atoms in total. The van der Waals surface area contributed by atoms with Crippen LogP contribution in [0.4, 0.5) is 0 Å². The minimum absolute atomic E-state index is 0.455. The first kappa shape index (κ1) is 34.9. The standard InChI is InChI=1S/2C8H19O2PS2.Mo.O/c2*1-2-3-4-5-6-7-8-10-11(9,12)13;;/h2*2-8H2,1H3,(H2,9,12,13);;/q;;+4;/p-4. The van der Waals surface area contributed by atoms with Gasteiger partial charge in [0.05, 0.1) is 0 Å². The summed E-state index contributed by atoms with van der Waals surface area (Å²) in [6.07, 6.45) is 14.1. The summed E-state index contributed by atoms with van der Waals surface area (Å²) in [6, 6.07) is 0. The van der Waals surface area contributed by atoms with Gasteiger partial charge >= 0.3 is 23.2 Å². The van der Waals surface area contributed by atoms with Crippen molar-refractivity contribution in [3.05, 3.63) is 0 Å². The SMILES string of the molecule is CCCCCCCCOP([O-])(=S)[S-].CCCCCCCCOP([O-])(=S)[S-].[O]=[Mo+4]. The monoisotopic (exact) mass is 594 g/mol. The van der Waals surface area contributed by atoms with Gasteiger partial charge in [0.2, 0.25) is 0 Å². The predicted molar refractivity (Wildman–Crippen MR) is 123 cm³/mol. The van der Waals surface area contributed by atoms with Crippen LogP contribution in [-0.4, -0.2) is 13.2 Å². The molecule has 0 aromatic carbocycles. The first-order chi connectivity index (χ1) is 13.1. The molecular weight excluding hydrogens is 558 g/mol. The van der Waals surface area contributed by atoms with E-state index in [2.05, 4.69) is 62.0 Å². The van der Waals surface area contributed by atoms with Crippen LogP contribution in [0.3, 0.4) is 0 Å². The van der Waals surface area contributed by atoms with Gasteiger partial charge < -0.3 is 43.3 Å². The van der Waals surface area contributed by atoms with Crippen molar-refractivity contribution < 1.29 is 42.0 Å². The second-order valence-corrected chi connectivity index (χ2v) is 15.6. The molecule has 2 atom stereocenters. The van der Waals surface area contributed by atoms with E-state index in [4.69, 9.17) is 12.4 Å². The molecule has 0 aromatic heterocycles. The Bertz CT molecular complexity index is 374. The van der Waals surface area contributed by atoms with E-state index in [0.717, 1.165) is 25.7 Å². The maximum atomic E-state index is 10.8. The zero-order chi connectivity index (χ0) is 22.3. The molecule has 0 heterocycles. The fourth-order valence-corrected chi connectivity index (χ4v) is 3.72. The van der Waals surface area contributed by atoms with Crippen LogP contribution >= 0.6 is 11.4 Å². The molecule has 12 heteroatoms. The van der Waals surface area contributed by atoms with E-state index >= 15 is 0 Å². The van der Waals surface area contributed by atoms with E-state index in [1.165, 1.54) is 51.4 Å². The van der Waals surface area contributed by atoms with Crippen LogP contribution in [0.15, 0.2) is 0 Å². The fourth-order valence-electron chi connectivity index (χ4n) is 2.12. The van der Waals surface area contributed by atoms with E-state index in [0.29, 0.717) is 33.0 Å². The van der Waals surface area contributed by atoms with Crippen LogP contribution in [0.1, 0.15) is 90.9 Å². The van der Waals surface area contributed by atoms with Gasteiger partial charge in [-0.15, -0.1) is 35.0 Å². The van der Waals surface area contributed by atoms with E-state index in [-0.39, 0.29) is 0 Å². The number of hydrogen-bond donors (Lipinski definition) is 0. The predicted octanol–water partition coefficient (Wildman–Crippen LogP) is 4.87. The molecule has 0 saturated carbocycles. The third-order valence-corrected chi connectivity index (χ3v) is 5.76. The zero-order valence-corrected chi connectivity index (χ0v) is 23.9. The molecule has 0 aliphatic heterocycles. The van der Waals surface area contributed by atoms with Gasteiger partial charge in [0.1, 0.15) is 0 Å². The van der Waals surface area contributed by atoms with Crippen LogP contribution < -0.4 is 9.79 Å². The molecule has 0 aromatic rings. The second-order valence-electron chi connectivity index (χ2n) is 6.10. The zero-order valence-electron chi connectivity index (χ0n) is 16.9. The van der Waals surface area contributed by atoms with E-state index < -0.39 is 11.4 Å². The molecule has 0 spiro atoms. The van der Waals surface area contributed by atoms with Crippen LogP contribution in [0.25, 0.3) is 0 Å². The second kappa shape index (κ2) is 25.6. The van der Waals surface area contributed by atoms with Gasteiger partial charge in [-0.05, 0) is 12.8 Å². The normalized spacial score (nSPS) is 14.7. The average molecular weight is 593 g/mol. The van der Waals surface area contributed by atoms with Crippen molar-refractivity contribution in [2.24, 2.45) is 0 Å². The van der Waals surface area contributed by atoms with Gasteiger partial charge in [-0.1, -0.05) is 78.1 Å². The molecule has 0 aliphatic carbocycles. The molecule has 0 amide bonds. The summed E-state index contributed by atoms with van der Waals surface area (Å²) in [5, 5.41) is 0. The van der Waals surface area contributed by atoms with Crippen molar-refractivity contribution in [2.75, 3.05) is 13.2 Å². The summed E-state index contributed by atoms with van der Waals surface area (Å²) in [5.41, 5.74) is -6.12. The van der Waals surface area contributed by atoms with Crippen molar-refractivity contribution in [2.45, 2.75) is 90.9 Å². The fraction of sp³-hybridized carbons (Fsp3) is 1.00. The van der Waals surface area contributed by atoms with Crippen LogP contribution in [0.5, 0.6) is 0 Å². The first-order valence-corrected chi connectivity index (χ1v) is 17.7. The molecule has 0 bridgehead atoms. The summed E-state index contributed by atoms with van der Waals surface area (Å²) in [6.45, 7) is 5.29. The molecule has 28 heavy (non-hydrogen) atoms. The van der Waals surface area contributed by atoms with Gasteiger partial charge in [-0.25, -0.2) is 0 Å². The minimum atomic E-state index is -3.06. The van der Waals surface area contributed by atoms with Gasteiger partial charge in [0, 0.05) is 13.2 Å². The molecule has 0 aliphatic rings. The van der Waals surface area contributed by atoms with Crippen molar-refractivity contribution in [3.8, 4) is 0 Å². The third kappa shape index (κ3) is 42.4. The van der Waals surface area contributed by atoms with Gasteiger partial charge in [0.25, 0.3) is 0 Å². The summed E-state index contributed by atoms with van der Waals surface area (Å²) < 4.78 is 17.9. The van der Waals surface area contributed by atoms with Crippen LogP contribution in [0, 0.1) is 0 Å². The first-order valence-electron chi connectivity index (χ1n) is 9.62. The quantitative estimate of drug-likeness (QED) is 0.108. The van der Waals surface area contributed by atoms with Crippen LogP contribution in [-0.2, 0) is 80.3 Å². The van der Waals surface area contributed by atoms with E-state index in [1.807, 2.05) is 0 Å². The number of unbranched alkanes of at least 4 members (excludes halogenated alkanes) is 10. The van der Waals surface area contributed by atoms with E-state index in [1.54, 1.807) is 0 Å². The van der Waals surface area contributed by atoms with Crippen LogP contribution in [0.2, 0.25) is 0 Å². The van der Waals surface area contributed by atoms with E-state index in [9.17, 15) is 9.79 Å². The van der Waals surface area contributed by atoms with Gasteiger partial charge in [-0.2, -0.15) is 0 Å². The Morgan fingerprint density at radius 1 is 0.679 bits per heavy atom. The average Bonchev–Trinajstić information content (AvgIpc) is 2.61. The van der Waals surface area contributed by atoms with Crippen molar-refractivity contribution >= 4 is 59.5 Å².